The zero-order valence-electron chi connectivity index (χ0n) is 11.8. The molecule has 0 saturated heterocycles. The van der Waals surface area contributed by atoms with Crippen LogP contribution in [0.25, 0.3) is 0 Å². The van der Waals surface area contributed by atoms with Crippen molar-refractivity contribution in [3.63, 3.8) is 0 Å². The van der Waals surface area contributed by atoms with E-state index in [1.807, 2.05) is 11.9 Å². The van der Waals surface area contributed by atoms with E-state index in [9.17, 15) is 4.79 Å². The van der Waals surface area contributed by atoms with Crippen molar-refractivity contribution in [1.82, 2.24) is 10.2 Å². The van der Waals surface area contributed by atoms with Gasteiger partial charge in [-0.3, -0.25) is 4.79 Å². The van der Waals surface area contributed by atoms with Crippen LogP contribution in [0, 0.1) is 0 Å². The first-order valence-corrected chi connectivity index (χ1v) is 7.76. The number of amides is 1. The van der Waals surface area contributed by atoms with Gasteiger partial charge in [-0.05, 0) is 25.7 Å². The molecule has 1 N–H and O–H groups in total. The third-order valence-electron chi connectivity index (χ3n) is 4.66. The summed E-state index contributed by atoms with van der Waals surface area (Å²) in [6.07, 6.45) is 12.8. The first-order valence-electron chi connectivity index (χ1n) is 7.76. The van der Waals surface area contributed by atoms with Gasteiger partial charge in [0, 0.05) is 19.1 Å². The van der Waals surface area contributed by atoms with E-state index in [0.29, 0.717) is 18.6 Å². The van der Waals surface area contributed by atoms with Gasteiger partial charge >= 0.3 is 0 Å². The Balaban J connectivity index is 1.72. The number of nitrogens with one attached hydrogen (secondary N) is 1. The summed E-state index contributed by atoms with van der Waals surface area (Å²) in [5.74, 6) is 0.286. The fourth-order valence-electron chi connectivity index (χ4n) is 3.34. The highest BCUT2D eigenvalue weighted by atomic mass is 16.2. The summed E-state index contributed by atoms with van der Waals surface area (Å²) in [6.45, 7) is 0.539. The molecule has 0 radical (unpaired) electrons. The third-order valence-corrected chi connectivity index (χ3v) is 4.66. The molecule has 0 unspecified atom stereocenters. The molecule has 2 aliphatic carbocycles. The minimum atomic E-state index is 0.286. The van der Waals surface area contributed by atoms with Crippen LogP contribution in [0.5, 0.6) is 0 Å². The van der Waals surface area contributed by atoms with E-state index in [2.05, 4.69) is 5.32 Å². The molecule has 18 heavy (non-hydrogen) atoms. The van der Waals surface area contributed by atoms with E-state index in [-0.39, 0.29) is 5.91 Å². The molecule has 2 rings (SSSR count). The van der Waals surface area contributed by atoms with Crippen LogP contribution in [0.1, 0.15) is 64.2 Å². The summed E-state index contributed by atoms with van der Waals surface area (Å²) in [4.78, 5) is 14.2. The smallest absolute Gasteiger partial charge is 0.236 e. The molecule has 0 spiro atoms. The van der Waals surface area contributed by atoms with Gasteiger partial charge in [-0.15, -0.1) is 0 Å². The highest BCUT2D eigenvalue weighted by Crippen LogP contribution is 2.21. The third kappa shape index (κ3) is 3.98. The summed E-state index contributed by atoms with van der Waals surface area (Å²) in [7, 11) is 1.99. The van der Waals surface area contributed by atoms with Crippen LogP contribution >= 0.6 is 0 Å². The number of hydrogen-bond acceptors (Lipinski definition) is 2. The van der Waals surface area contributed by atoms with E-state index in [1.54, 1.807) is 0 Å². The van der Waals surface area contributed by atoms with Crippen LogP contribution in [0.4, 0.5) is 0 Å². The van der Waals surface area contributed by atoms with Crippen molar-refractivity contribution < 1.29 is 4.79 Å². The van der Waals surface area contributed by atoms with Gasteiger partial charge in [-0.25, -0.2) is 0 Å². The van der Waals surface area contributed by atoms with E-state index in [1.165, 1.54) is 64.2 Å². The highest BCUT2D eigenvalue weighted by molar-refractivity contribution is 5.78. The number of hydrogen-bond donors (Lipinski definition) is 1. The normalized spacial score (nSPS) is 22.9. The number of nitrogens with zero attached hydrogens (tertiary/aromatic N) is 1. The summed E-state index contributed by atoms with van der Waals surface area (Å²) in [6, 6.07) is 1.09. The monoisotopic (exact) mass is 252 g/mol. The lowest BCUT2D eigenvalue weighted by Crippen LogP contribution is -2.43. The van der Waals surface area contributed by atoms with E-state index >= 15 is 0 Å². The molecule has 0 aromatic heterocycles. The molecule has 3 nitrogen and oxygen atoms in total. The Bertz CT molecular complexity index is 253. The maximum Gasteiger partial charge on any atom is 0.236 e. The summed E-state index contributed by atoms with van der Waals surface area (Å²) in [5.41, 5.74) is 0. The Labute approximate surface area is 111 Å². The maximum absolute atomic E-state index is 12.2. The average molecular weight is 252 g/mol. The molecule has 0 heterocycles. The van der Waals surface area contributed by atoms with Gasteiger partial charge in [0.15, 0.2) is 0 Å². The Kier molecular flexibility index (Phi) is 5.48. The lowest BCUT2D eigenvalue weighted by molar-refractivity contribution is -0.131. The topological polar surface area (TPSA) is 32.3 Å². The predicted octanol–water partition coefficient (Wildman–Crippen LogP) is 2.70. The van der Waals surface area contributed by atoms with E-state index < -0.39 is 0 Å². The predicted molar refractivity (Wildman–Crippen MR) is 74.5 cm³/mol. The Hall–Kier alpha value is -0.570. The number of carbonyl (C=O) groups is 1. The molecule has 2 saturated carbocycles. The molecule has 1 amide bonds. The quantitative estimate of drug-likeness (QED) is 0.780. The summed E-state index contributed by atoms with van der Waals surface area (Å²) in [5, 5.41) is 3.43. The molecule has 0 aromatic carbocycles. The van der Waals surface area contributed by atoms with Crippen LogP contribution in [0.2, 0.25) is 0 Å². The summed E-state index contributed by atoms with van der Waals surface area (Å²) < 4.78 is 0. The number of rotatable bonds is 4. The molecule has 0 bridgehead atoms. The second-order valence-corrected chi connectivity index (χ2v) is 6.01. The lowest BCUT2D eigenvalue weighted by Gasteiger charge is -2.28. The van der Waals surface area contributed by atoms with Crippen LogP contribution in [0.15, 0.2) is 0 Å². The van der Waals surface area contributed by atoms with Gasteiger partial charge in [0.25, 0.3) is 0 Å². The molecule has 2 aliphatic rings. The molecular formula is C15H28N2O. The second kappa shape index (κ2) is 7.13. The fourth-order valence-corrected chi connectivity index (χ4v) is 3.34. The van der Waals surface area contributed by atoms with Crippen molar-refractivity contribution in [2.24, 2.45) is 0 Å². The molecule has 0 aromatic rings. The Morgan fingerprint density at radius 2 is 1.56 bits per heavy atom. The van der Waals surface area contributed by atoms with Crippen LogP contribution < -0.4 is 5.32 Å². The minimum Gasteiger partial charge on any atom is -0.342 e. The molecule has 3 heteroatoms. The second-order valence-electron chi connectivity index (χ2n) is 6.01. The summed E-state index contributed by atoms with van der Waals surface area (Å²) >= 11 is 0. The van der Waals surface area contributed by atoms with Crippen molar-refractivity contribution in [2.45, 2.75) is 76.3 Å². The lowest BCUT2D eigenvalue weighted by atomic mass is 10.1. The molecule has 104 valence electrons. The van der Waals surface area contributed by atoms with Crippen molar-refractivity contribution in [1.29, 1.82) is 0 Å². The fraction of sp³-hybridized carbons (Fsp3) is 0.933. The number of likely N-dealkylation sites (N-methyl/N-ethyl adjacent to an activating group) is 1. The van der Waals surface area contributed by atoms with Gasteiger partial charge in [0.2, 0.25) is 5.91 Å². The van der Waals surface area contributed by atoms with E-state index in [0.717, 1.165) is 0 Å². The molecule has 0 atom stereocenters. The molecular weight excluding hydrogens is 224 g/mol. The maximum atomic E-state index is 12.2. The SMILES string of the molecule is CN(C(=O)CNC1CCCC1)C1CCCCCC1. The van der Waals surface area contributed by atoms with Crippen molar-refractivity contribution >= 4 is 5.91 Å². The minimum absolute atomic E-state index is 0.286. The highest BCUT2D eigenvalue weighted by Gasteiger charge is 2.22. The Morgan fingerprint density at radius 3 is 2.17 bits per heavy atom. The van der Waals surface area contributed by atoms with E-state index in [4.69, 9.17) is 0 Å². The van der Waals surface area contributed by atoms with Gasteiger partial charge in [-0.1, -0.05) is 38.5 Å². The van der Waals surface area contributed by atoms with Crippen molar-refractivity contribution in [3.8, 4) is 0 Å². The zero-order valence-corrected chi connectivity index (χ0v) is 11.8. The standard InChI is InChI=1S/C15H28N2O/c1-17(14-10-4-2-3-5-11-14)15(18)12-16-13-8-6-7-9-13/h13-14,16H,2-12H2,1H3. The van der Waals surface area contributed by atoms with Gasteiger partial charge in [-0.2, -0.15) is 0 Å². The largest absolute Gasteiger partial charge is 0.342 e. The first kappa shape index (κ1) is 13.9. The van der Waals surface area contributed by atoms with Crippen molar-refractivity contribution in [3.05, 3.63) is 0 Å². The van der Waals surface area contributed by atoms with Crippen LogP contribution in [-0.2, 0) is 4.79 Å². The molecule has 0 aliphatic heterocycles. The van der Waals surface area contributed by atoms with Gasteiger partial charge in [0.05, 0.1) is 6.54 Å². The van der Waals surface area contributed by atoms with Crippen LogP contribution in [-0.4, -0.2) is 36.5 Å². The first-order chi connectivity index (χ1) is 8.77. The van der Waals surface area contributed by atoms with Crippen molar-refractivity contribution in [2.75, 3.05) is 13.6 Å². The van der Waals surface area contributed by atoms with Gasteiger partial charge < -0.3 is 10.2 Å². The number of carbonyl (C=O) groups excluding carboxylic acids is 1. The molecule has 2 fully saturated rings. The van der Waals surface area contributed by atoms with Crippen LogP contribution in [0.3, 0.4) is 0 Å². The van der Waals surface area contributed by atoms with Gasteiger partial charge in [0.1, 0.15) is 0 Å². The Morgan fingerprint density at radius 1 is 1.00 bits per heavy atom. The average Bonchev–Trinajstić information content (AvgIpc) is 2.75. The zero-order chi connectivity index (χ0) is 12.8.